The lowest BCUT2D eigenvalue weighted by molar-refractivity contribution is 0.0857. The Bertz CT molecular complexity index is 555. The fraction of sp³-hybridized carbons (Fsp3) is 0.400. The molecule has 0 unspecified atom stereocenters. The van der Waals surface area contributed by atoms with Crippen molar-refractivity contribution in [3.8, 4) is 0 Å². The van der Waals surface area contributed by atoms with Crippen LogP contribution >= 0.6 is 11.6 Å². The molecule has 0 amide bonds. The minimum absolute atomic E-state index is 0.0116. The number of anilines is 1. The minimum atomic E-state index is -4.12. The molecule has 0 saturated heterocycles. The second-order valence-corrected chi connectivity index (χ2v) is 6.62. The number of nitrogen functional groups attached to an aromatic ring is 1. The molecule has 102 valence electrons. The Kier molecular flexibility index (Phi) is 4.22. The zero-order valence-electron chi connectivity index (χ0n) is 9.87. The van der Waals surface area contributed by atoms with Gasteiger partial charge in [-0.05, 0) is 26.0 Å². The summed E-state index contributed by atoms with van der Waals surface area (Å²) in [6, 6.07) is 2.08. The molecule has 1 rings (SSSR count). The Morgan fingerprint density at radius 3 is 2.56 bits per heavy atom. The molecule has 4 N–H and O–H groups in total. The number of hydrogen-bond acceptors (Lipinski definition) is 4. The molecule has 0 heterocycles. The van der Waals surface area contributed by atoms with E-state index < -0.39 is 26.3 Å². The van der Waals surface area contributed by atoms with Gasteiger partial charge in [0.05, 0.1) is 11.3 Å². The van der Waals surface area contributed by atoms with E-state index in [4.69, 9.17) is 17.3 Å². The van der Waals surface area contributed by atoms with Crippen LogP contribution in [0, 0.1) is 5.82 Å². The summed E-state index contributed by atoms with van der Waals surface area (Å²) < 4.78 is 39.4. The summed E-state index contributed by atoms with van der Waals surface area (Å²) in [7, 11) is -4.12. The van der Waals surface area contributed by atoms with Crippen LogP contribution in [0.15, 0.2) is 17.0 Å². The summed E-state index contributed by atoms with van der Waals surface area (Å²) in [5.41, 5.74) is 3.69. The molecule has 0 fully saturated rings. The van der Waals surface area contributed by atoms with Crippen LogP contribution in [0.5, 0.6) is 0 Å². The number of benzene rings is 1. The van der Waals surface area contributed by atoms with Crippen LogP contribution in [0.3, 0.4) is 0 Å². The Labute approximate surface area is 110 Å². The van der Waals surface area contributed by atoms with Crippen molar-refractivity contribution >= 4 is 27.3 Å². The first kappa shape index (κ1) is 15.2. The summed E-state index contributed by atoms with van der Waals surface area (Å²) in [6.07, 6.45) is 0. The average Bonchev–Trinajstić information content (AvgIpc) is 2.19. The lowest BCUT2D eigenvalue weighted by Gasteiger charge is -2.18. The lowest BCUT2D eigenvalue weighted by Crippen LogP contribution is -2.38. The Balaban J connectivity index is 3.13. The number of hydrogen-bond donors (Lipinski definition) is 3. The van der Waals surface area contributed by atoms with Gasteiger partial charge in [0.2, 0.25) is 10.0 Å². The Morgan fingerprint density at radius 2 is 2.06 bits per heavy atom. The summed E-state index contributed by atoms with van der Waals surface area (Å²) in [5, 5.41) is 9.45. The monoisotopic (exact) mass is 296 g/mol. The molecule has 1 aromatic rings. The van der Waals surface area contributed by atoms with E-state index in [9.17, 15) is 17.9 Å². The van der Waals surface area contributed by atoms with Gasteiger partial charge in [0, 0.05) is 11.6 Å². The van der Waals surface area contributed by atoms with E-state index in [1.54, 1.807) is 0 Å². The highest BCUT2D eigenvalue weighted by Crippen LogP contribution is 2.25. The number of nitrogens with one attached hydrogen (secondary N) is 1. The smallest absolute Gasteiger partial charge is 0.243 e. The number of halogens is 2. The SMILES string of the molecule is CC(C)(O)CNS(=O)(=O)c1cc(Cl)cc(N)c1F. The lowest BCUT2D eigenvalue weighted by atomic mass is 10.1. The van der Waals surface area contributed by atoms with Gasteiger partial charge in [-0.3, -0.25) is 0 Å². The first-order valence-electron chi connectivity index (χ1n) is 4.99. The highest BCUT2D eigenvalue weighted by atomic mass is 35.5. The van der Waals surface area contributed by atoms with E-state index in [1.165, 1.54) is 13.8 Å². The number of rotatable bonds is 4. The molecular weight excluding hydrogens is 283 g/mol. The van der Waals surface area contributed by atoms with Gasteiger partial charge in [0.15, 0.2) is 5.82 Å². The fourth-order valence-electron chi connectivity index (χ4n) is 1.13. The van der Waals surface area contributed by atoms with E-state index in [0.717, 1.165) is 12.1 Å². The van der Waals surface area contributed by atoms with Gasteiger partial charge in [-0.2, -0.15) is 0 Å². The van der Waals surface area contributed by atoms with E-state index in [0.29, 0.717) is 0 Å². The fourth-order valence-corrected chi connectivity index (χ4v) is 2.76. The summed E-state index contributed by atoms with van der Waals surface area (Å²) >= 11 is 5.63. The molecule has 0 aliphatic carbocycles. The predicted octanol–water partition coefficient (Wildman–Crippen LogP) is 1.11. The Hall–Kier alpha value is -0.890. The average molecular weight is 297 g/mol. The summed E-state index contributed by atoms with van der Waals surface area (Å²) in [6.45, 7) is 2.57. The van der Waals surface area contributed by atoms with Gasteiger partial charge in [-0.25, -0.2) is 17.5 Å². The molecule has 0 bridgehead atoms. The number of nitrogens with two attached hydrogens (primary N) is 1. The third-order valence-corrected chi connectivity index (χ3v) is 3.64. The van der Waals surface area contributed by atoms with Crippen LogP contribution in [-0.2, 0) is 10.0 Å². The van der Waals surface area contributed by atoms with Gasteiger partial charge in [-0.1, -0.05) is 11.6 Å². The molecule has 0 spiro atoms. The van der Waals surface area contributed by atoms with Crippen molar-refractivity contribution in [2.24, 2.45) is 0 Å². The molecule has 0 aliphatic rings. The predicted molar refractivity (Wildman–Crippen MR) is 67.3 cm³/mol. The van der Waals surface area contributed by atoms with Gasteiger partial charge in [-0.15, -0.1) is 0 Å². The quantitative estimate of drug-likeness (QED) is 0.726. The van der Waals surface area contributed by atoms with Crippen LogP contribution < -0.4 is 10.5 Å². The van der Waals surface area contributed by atoms with Crippen molar-refractivity contribution in [2.45, 2.75) is 24.3 Å². The molecule has 0 radical (unpaired) electrons. The normalized spacial score (nSPS) is 12.7. The highest BCUT2D eigenvalue weighted by Gasteiger charge is 2.24. The van der Waals surface area contributed by atoms with Crippen molar-refractivity contribution in [1.82, 2.24) is 4.72 Å². The highest BCUT2D eigenvalue weighted by molar-refractivity contribution is 7.89. The molecule has 0 saturated carbocycles. The number of sulfonamides is 1. The van der Waals surface area contributed by atoms with Crippen molar-refractivity contribution in [3.63, 3.8) is 0 Å². The van der Waals surface area contributed by atoms with Gasteiger partial charge in [0.25, 0.3) is 0 Å². The zero-order chi connectivity index (χ0) is 14.1. The maximum absolute atomic E-state index is 13.6. The summed E-state index contributed by atoms with van der Waals surface area (Å²) in [5.74, 6) is -1.07. The largest absolute Gasteiger partial charge is 0.396 e. The third-order valence-electron chi connectivity index (χ3n) is 2.02. The first-order valence-corrected chi connectivity index (χ1v) is 6.85. The Morgan fingerprint density at radius 1 is 1.50 bits per heavy atom. The topological polar surface area (TPSA) is 92.4 Å². The van der Waals surface area contributed by atoms with Crippen LogP contribution in [0.2, 0.25) is 5.02 Å². The van der Waals surface area contributed by atoms with E-state index in [1.807, 2.05) is 0 Å². The molecule has 8 heteroatoms. The van der Waals surface area contributed by atoms with Gasteiger partial charge in [0.1, 0.15) is 4.90 Å². The van der Waals surface area contributed by atoms with Crippen molar-refractivity contribution < 1.29 is 17.9 Å². The molecule has 18 heavy (non-hydrogen) atoms. The van der Waals surface area contributed by atoms with E-state index in [2.05, 4.69) is 4.72 Å². The second kappa shape index (κ2) is 5.00. The van der Waals surface area contributed by atoms with Crippen LogP contribution in [0.1, 0.15) is 13.8 Å². The van der Waals surface area contributed by atoms with Crippen LogP contribution in [0.25, 0.3) is 0 Å². The van der Waals surface area contributed by atoms with Crippen molar-refractivity contribution in [2.75, 3.05) is 12.3 Å². The maximum atomic E-state index is 13.6. The van der Waals surface area contributed by atoms with Gasteiger partial charge >= 0.3 is 0 Å². The van der Waals surface area contributed by atoms with Crippen molar-refractivity contribution in [3.05, 3.63) is 23.0 Å². The molecular formula is C10H14ClFN2O3S. The summed E-state index contributed by atoms with van der Waals surface area (Å²) in [4.78, 5) is -0.642. The molecule has 0 aromatic heterocycles. The van der Waals surface area contributed by atoms with Gasteiger partial charge < -0.3 is 10.8 Å². The minimum Gasteiger partial charge on any atom is -0.396 e. The number of aliphatic hydroxyl groups is 1. The van der Waals surface area contributed by atoms with Crippen LogP contribution in [-0.4, -0.2) is 25.7 Å². The molecule has 5 nitrogen and oxygen atoms in total. The first-order chi connectivity index (χ1) is 8.03. The van der Waals surface area contributed by atoms with Crippen LogP contribution in [0.4, 0.5) is 10.1 Å². The zero-order valence-corrected chi connectivity index (χ0v) is 11.4. The maximum Gasteiger partial charge on any atom is 0.243 e. The molecule has 0 aliphatic heterocycles. The van der Waals surface area contributed by atoms with Crippen molar-refractivity contribution in [1.29, 1.82) is 0 Å². The molecule has 0 atom stereocenters. The second-order valence-electron chi connectivity index (χ2n) is 4.44. The third kappa shape index (κ3) is 3.81. The molecule has 1 aromatic carbocycles. The van der Waals surface area contributed by atoms with E-state index >= 15 is 0 Å². The standard InChI is InChI=1S/C10H14ClFN2O3S/c1-10(2,15)5-14-18(16,17)8-4-6(11)3-7(13)9(8)12/h3-4,14-15H,5,13H2,1-2H3. The van der Waals surface area contributed by atoms with E-state index in [-0.39, 0.29) is 17.3 Å².